The number of rotatable bonds is 3. The van der Waals surface area contributed by atoms with E-state index in [0.29, 0.717) is 32.8 Å². The number of hydrogen-bond donors (Lipinski definition) is 0. The van der Waals surface area contributed by atoms with Gasteiger partial charge < -0.3 is 14.1 Å². The molecule has 0 N–H and O–H groups in total. The number of aromatic nitrogens is 1. The second kappa shape index (κ2) is 7.36. The maximum atomic E-state index is 13.5. The molecule has 2 amide bonds. The van der Waals surface area contributed by atoms with Gasteiger partial charge in [-0.1, -0.05) is 12.1 Å². The van der Waals surface area contributed by atoms with Crippen LogP contribution in [0.25, 0.3) is 10.8 Å². The molecule has 0 radical (unpaired) electrons. The number of carbonyl (C=O) groups is 2. The number of amides is 2. The molecular formula is C21H21N3O4S. The number of anilines is 1. The van der Waals surface area contributed by atoms with Gasteiger partial charge in [-0.05, 0) is 38.1 Å². The minimum atomic E-state index is -0.760. The van der Waals surface area contributed by atoms with Crippen LogP contribution < -0.4 is 9.64 Å². The molecule has 0 saturated heterocycles. The Morgan fingerprint density at radius 2 is 1.93 bits per heavy atom. The molecule has 150 valence electrons. The van der Waals surface area contributed by atoms with E-state index in [4.69, 9.17) is 9.15 Å². The summed E-state index contributed by atoms with van der Waals surface area (Å²) in [6.45, 7) is 3.81. The highest BCUT2D eigenvalue weighted by molar-refractivity contribution is 7.17. The predicted molar refractivity (Wildman–Crippen MR) is 111 cm³/mol. The Hall–Kier alpha value is -3.13. The highest BCUT2D eigenvalue weighted by Gasteiger charge is 2.36. The number of furan rings is 1. The van der Waals surface area contributed by atoms with E-state index in [1.807, 2.05) is 37.3 Å². The fraction of sp³-hybridized carbons (Fsp3) is 0.286. The summed E-state index contributed by atoms with van der Waals surface area (Å²) in [5, 5.41) is 0.654. The molecule has 0 spiro atoms. The van der Waals surface area contributed by atoms with E-state index in [1.165, 1.54) is 16.2 Å². The molecule has 0 fully saturated rings. The molecule has 3 heterocycles. The fourth-order valence-corrected chi connectivity index (χ4v) is 4.19. The van der Waals surface area contributed by atoms with E-state index in [2.05, 4.69) is 4.98 Å². The molecule has 1 aromatic carbocycles. The largest absolute Gasteiger partial charge is 0.476 e. The van der Waals surface area contributed by atoms with E-state index in [-0.39, 0.29) is 18.4 Å². The van der Waals surface area contributed by atoms with Crippen molar-refractivity contribution in [3.63, 3.8) is 0 Å². The zero-order valence-electron chi connectivity index (χ0n) is 16.6. The van der Waals surface area contributed by atoms with Gasteiger partial charge >= 0.3 is 0 Å². The molecule has 0 saturated carbocycles. The zero-order valence-corrected chi connectivity index (χ0v) is 17.4. The predicted octanol–water partition coefficient (Wildman–Crippen LogP) is 3.52. The summed E-state index contributed by atoms with van der Waals surface area (Å²) in [5.74, 6) is 1.54. The van der Waals surface area contributed by atoms with Gasteiger partial charge in [-0.15, -0.1) is 11.3 Å². The lowest BCUT2D eigenvalue weighted by atomic mass is 10.1. The number of nitrogens with zero attached hydrogens (tertiary/aromatic N) is 3. The van der Waals surface area contributed by atoms with Gasteiger partial charge in [0.15, 0.2) is 16.9 Å². The zero-order chi connectivity index (χ0) is 20.7. The standard InChI is InChI=1S/C21H21N3O4S/c1-12-9-10-16(27-12)19-22-13(2)18(29-19)21(26)24-11-17(20(25)23(3)4)28-15-8-6-5-7-14(15)24/h5-10,17H,11H2,1-4H3. The monoisotopic (exact) mass is 411 g/mol. The molecule has 29 heavy (non-hydrogen) atoms. The average molecular weight is 411 g/mol. The first kappa shape index (κ1) is 19.2. The number of hydrogen-bond acceptors (Lipinski definition) is 6. The summed E-state index contributed by atoms with van der Waals surface area (Å²) in [6.07, 6.45) is -0.760. The van der Waals surface area contributed by atoms with Crippen molar-refractivity contribution in [2.45, 2.75) is 20.0 Å². The third kappa shape index (κ3) is 3.51. The number of likely N-dealkylation sites (N-methyl/N-ethyl adjacent to an activating group) is 1. The second-order valence-corrected chi connectivity index (χ2v) is 8.07. The smallest absolute Gasteiger partial charge is 0.270 e. The molecule has 1 aliphatic heterocycles. The van der Waals surface area contributed by atoms with Gasteiger partial charge in [-0.2, -0.15) is 0 Å². The number of benzene rings is 1. The summed E-state index contributed by atoms with van der Waals surface area (Å²) < 4.78 is 11.5. The summed E-state index contributed by atoms with van der Waals surface area (Å²) in [7, 11) is 3.34. The quantitative estimate of drug-likeness (QED) is 0.659. The number of ether oxygens (including phenoxy) is 1. The lowest BCUT2D eigenvalue weighted by Crippen LogP contribution is -2.50. The average Bonchev–Trinajstić information content (AvgIpc) is 3.31. The van der Waals surface area contributed by atoms with E-state index < -0.39 is 6.10 Å². The Labute approximate surface area is 172 Å². The first-order chi connectivity index (χ1) is 13.8. The van der Waals surface area contributed by atoms with Crippen molar-refractivity contribution in [2.75, 3.05) is 25.5 Å². The maximum Gasteiger partial charge on any atom is 0.270 e. The summed E-state index contributed by atoms with van der Waals surface area (Å²) in [5.41, 5.74) is 1.27. The Morgan fingerprint density at radius 3 is 2.62 bits per heavy atom. The molecule has 0 aliphatic carbocycles. The van der Waals surface area contributed by atoms with Crippen molar-refractivity contribution in [1.29, 1.82) is 0 Å². The summed E-state index contributed by atoms with van der Waals surface area (Å²) >= 11 is 1.29. The van der Waals surface area contributed by atoms with Crippen molar-refractivity contribution in [1.82, 2.24) is 9.88 Å². The molecular weight excluding hydrogens is 390 g/mol. The van der Waals surface area contributed by atoms with Gasteiger partial charge in [0.25, 0.3) is 11.8 Å². The van der Waals surface area contributed by atoms with Crippen LogP contribution in [0.4, 0.5) is 5.69 Å². The Balaban J connectivity index is 1.70. The molecule has 7 nitrogen and oxygen atoms in total. The minimum Gasteiger partial charge on any atom is -0.476 e. The van der Waals surface area contributed by atoms with Crippen LogP contribution in [0.1, 0.15) is 21.1 Å². The van der Waals surface area contributed by atoms with Crippen LogP contribution in [0, 0.1) is 13.8 Å². The van der Waals surface area contributed by atoms with Gasteiger partial charge in [0.05, 0.1) is 17.9 Å². The fourth-order valence-electron chi connectivity index (χ4n) is 3.22. The van der Waals surface area contributed by atoms with Crippen molar-refractivity contribution in [2.24, 2.45) is 0 Å². The SMILES string of the molecule is Cc1ccc(-c2nc(C)c(C(=O)N3CC(C(=O)N(C)C)Oc4ccccc43)s2)o1. The van der Waals surface area contributed by atoms with Gasteiger partial charge in [-0.3, -0.25) is 14.5 Å². The topological polar surface area (TPSA) is 75.9 Å². The van der Waals surface area contributed by atoms with Crippen molar-refractivity contribution in [3.8, 4) is 16.5 Å². The molecule has 1 atom stereocenters. The highest BCUT2D eigenvalue weighted by Crippen LogP contribution is 2.36. The van der Waals surface area contributed by atoms with Gasteiger partial charge in [0.2, 0.25) is 0 Å². The Bertz CT molecular complexity index is 1090. The normalized spacial score (nSPS) is 15.6. The molecule has 8 heteroatoms. The molecule has 4 rings (SSSR count). The highest BCUT2D eigenvalue weighted by atomic mass is 32.1. The van der Waals surface area contributed by atoms with Crippen LogP contribution in [0.15, 0.2) is 40.8 Å². The summed E-state index contributed by atoms with van der Waals surface area (Å²) in [6, 6.07) is 10.9. The molecule has 3 aromatic rings. The molecule has 1 aliphatic rings. The van der Waals surface area contributed by atoms with Crippen LogP contribution in [0.2, 0.25) is 0 Å². The first-order valence-electron chi connectivity index (χ1n) is 9.18. The molecule has 2 aromatic heterocycles. The third-order valence-corrected chi connectivity index (χ3v) is 5.84. The number of aryl methyl sites for hydroxylation is 2. The second-order valence-electron chi connectivity index (χ2n) is 7.07. The van der Waals surface area contributed by atoms with E-state index in [1.54, 1.807) is 32.0 Å². The van der Waals surface area contributed by atoms with Crippen LogP contribution in [0.5, 0.6) is 5.75 Å². The van der Waals surface area contributed by atoms with E-state index >= 15 is 0 Å². The number of para-hydroxylation sites is 2. The third-order valence-electron chi connectivity index (χ3n) is 4.68. The minimum absolute atomic E-state index is 0.138. The lowest BCUT2D eigenvalue weighted by Gasteiger charge is -2.34. The molecule has 0 bridgehead atoms. The lowest BCUT2D eigenvalue weighted by molar-refractivity contribution is -0.135. The van der Waals surface area contributed by atoms with E-state index in [0.717, 1.165) is 5.76 Å². The van der Waals surface area contributed by atoms with Gasteiger partial charge in [0, 0.05) is 14.1 Å². The van der Waals surface area contributed by atoms with Crippen molar-refractivity contribution in [3.05, 3.63) is 52.7 Å². The first-order valence-corrected chi connectivity index (χ1v) is 9.99. The Morgan fingerprint density at radius 1 is 1.17 bits per heavy atom. The number of thiazole rings is 1. The van der Waals surface area contributed by atoms with Gasteiger partial charge in [-0.25, -0.2) is 4.98 Å². The van der Waals surface area contributed by atoms with Crippen LogP contribution >= 0.6 is 11.3 Å². The maximum absolute atomic E-state index is 13.5. The number of carbonyl (C=O) groups excluding carboxylic acids is 2. The van der Waals surface area contributed by atoms with Crippen LogP contribution in [0.3, 0.4) is 0 Å². The summed E-state index contributed by atoms with van der Waals surface area (Å²) in [4.78, 5) is 34.1. The van der Waals surface area contributed by atoms with E-state index in [9.17, 15) is 9.59 Å². The molecule has 1 unspecified atom stereocenters. The van der Waals surface area contributed by atoms with Crippen LogP contribution in [-0.2, 0) is 4.79 Å². The van der Waals surface area contributed by atoms with Gasteiger partial charge in [0.1, 0.15) is 16.4 Å². The number of fused-ring (bicyclic) bond motifs is 1. The van der Waals surface area contributed by atoms with Crippen LogP contribution in [-0.4, -0.2) is 48.4 Å². The van der Waals surface area contributed by atoms with Crippen molar-refractivity contribution >= 4 is 28.8 Å². The van der Waals surface area contributed by atoms with Crippen molar-refractivity contribution < 1.29 is 18.7 Å². The Kier molecular flexibility index (Phi) is 4.87.